The summed E-state index contributed by atoms with van der Waals surface area (Å²) in [6, 6.07) is 9.79. The van der Waals surface area contributed by atoms with Crippen molar-refractivity contribution in [1.82, 2.24) is 19.7 Å². The lowest BCUT2D eigenvalue weighted by molar-refractivity contribution is 0.417. The van der Waals surface area contributed by atoms with Gasteiger partial charge in [-0.2, -0.15) is 5.10 Å². The summed E-state index contributed by atoms with van der Waals surface area (Å²) < 4.78 is 20.3. The Morgan fingerprint density at radius 3 is 2.58 bits per heavy atom. The smallest absolute Gasteiger partial charge is 0.143 e. The minimum absolute atomic E-state index is 0.293. The molecule has 130 valence electrons. The van der Waals surface area contributed by atoms with Gasteiger partial charge in [-0.15, -0.1) is 0 Å². The van der Waals surface area contributed by atoms with Gasteiger partial charge in [0.25, 0.3) is 0 Å². The predicted octanol–water partition coefficient (Wildman–Crippen LogP) is 3.43. The monoisotopic (exact) mass is 349 g/mol. The number of nitrogens with zero attached hydrogens (tertiary/aromatic N) is 4. The molecule has 0 aliphatic carbocycles. The molecule has 2 heterocycles. The lowest BCUT2D eigenvalue weighted by Gasteiger charge is -2.09. The zero-order chi connectivity index (χ0) is 18.3. The Morgan fingerprint density at radius 1 is 1.08 bits per heavy atom. The minimum atomic E-state index is -0.293. The number of methoxy groups -OCH3 is 1. The number of aryl methyl sites for hydroxylation is 1. The Bertz CT molecular complexity index is 1110. The molecule has 0 radical (unpaired) electrons. The van der Waals surface area contributed by atoms with E-state index in [1.54, 1.807) is 36.1 Å². The molecule has 0 amide bonds. The van der Waals surface area contributed by atoms with Crippen LogP contribution >= 0.6 is 0 Å². The lowest BCUT2D eigenvalue weighted by atomic mass is 10.0. The first-order chi connectivity index (χ1) is 12.6. The van der Waals surface area contributed by atoms with Crippen LogP contribution in [0.5, 0.6) is 5.75 Å². The number of benzene rings is 2. The second kappa shape index (κ2) is 6.11. The summed E-state index contributed by atoms with van der Waals surface area (Å²) in [6.07, 6.45) is 3.37. The molecule has 2 N–H and O–H groups in total. The molecular weight excluding hydrogens is 333 g/mol. The number of hydrogen-bond donors (Lipinski definition) is 1. The summed E-state index contributed by atoms with van der Waals surface area (Å²) in [7, 11) is 3.39. The van der Waals surface area contributed by atoms with Gasteiger partial charge in [-0.3, -0.25) is 4.68 Å². The second-order valence-electron chi connectivity index (χ2n) is 5.91. The van der Waals surface area contributed by atoms with Crippen molar-refractivity contribution in [2.75, 3.05) is 12.8 Å². The van der Waals surface area contributed by atoms with E-state index in [9.17, 15) is 4.39 Å². The molecule has 26 heavy (non-hydrogen) atoms. The Balaban J connectivity index is 1.96. The summed E-state index contributed by atoms with van der Waals surface area (Å²) in [4.78, 5) is 8.77. The van der Waals surface area contributed by atoms with Crippen LogP contribution in [0.2, 0.25) is 0 Å². The summed E-state index contributed by atoms with van der Waals surface area (Å²) >= 11 is 0. The van der Waals surface area contributed by atoms with E-state index in [0.717, 1.165) is 22.0 Å². The van der Waals surface area contributed by atoms with Crippen molar-refractivity contribution in [2.45, 2.75) is 0 Å². The molecule has 0 unspecified atom stereocenters. The van der Waals surface area contributed by atoms with Crippen molar-refractivity contribution in [2.24, 2.45) is 7.05 Å². The Morgan fingerprint density at radius 2 is 1.85 bits per heavy atom. The summed E-state index contributed by atoms with van der Waals surface area (Å²) in [5, 5.41) is 5.32. The number of nitrogen functional groups attached to an aromatic ring is 1. The highest BCUT2D eigenvalue weighted by Crippen LogP contribution is 2.36. The van der Waals surface area contributed by atoms with Crippen molar-refractivity contribution >= 4 is 16.6 Å². The average molecular weight is 349 g/mol. The van der Waals surface area contributed by atoms with Gasteiger partial charge in [-0.25, -0.2) is 14.4 Å². The van der Waals surface area contributed by atoms with Gasteiger partial charge in [0.2, 0.25) is 0 Å². The zero-order valence-electron chi connectivity index (χ0n) is 14.3. The Hall–Kier alpha value is -3.48. The normalized spacial score (nSPS) is 11.0. The Kier molecular flexibility index (Phi) is 3.76. The van der Waals surface area contributed by atoms with Gasteiger partial charge in [0, 0.05) is 35.8 Å². The zero-order valence-corrected chi connectivity index (χ0v) is 14.3. The molecule has 0 bridgehead atoms. The maximum Gasteiger partial charge on any atom is 0.143 e. The molecule has 4 rings (SSSR count). The molecule has 0 saturated carbocycles. The highest BCUT2D eigenvalue weighted by atomic mass is 19.1. The molecule has 0 spiro atoms. The fraction of sp³-hybridized carbons (Fsp3) is 0.105. The summed E-state index contributed by atoms with van der Waals surface area (Å²) in [6.45, 7) is 0. The van der Waals surface area contributed by atoms with E-state index in [0.29, 0.717) is 22.8 Å². The highest BCUT2D eigenvalue weighted by Gasteiger charge is 2.17. The predicted molar refractivity (Wildman–Crippen MR) is 98.1 cm³/mol. The van der Waals surface area contributed by atoms with Gasteiger partial charge in [0.05, 0.1) is 24.0 Å². The van der Waals surface area contributed by atoms with Crippen LogP contribution in [0.4, 0.5) is 10.1 Å². The van der Waals surface area contributed by atoms with Crippen LogP contribution in [0, 0.1) is 5.82 Å². The van der Waals surface area contributed by atoms with E-state index in [4.69, 9.17) is 10.5 Å². The van der Waals surface area contributed by atoms with Gasteiger partial charge >= 0.3 is 0 Å². The first-order valence-corrected chi connectivity index (χ1v) is 7.95. The fourth-order valence-electron chi connectivity index (χ4n) is 2.97. The van der Waals surface area contributed by atoms with Crippen LogP contribution in [-0.2, 0) is 7.05 Å². The third-order valence-corrected chi connectivity index (χ3v) is 4.19. The minimum Gasteiger partial charge on any atom is -0.495 e. The number of aromatic nitrogens is 4. The van der Waals surface area contributed by atoms with Crippen molar-refractivity contribution in [3.63, 3.8) is 0 Å². The maximum absolute atomic E-state index is 13.3. The second-order valence-corrected chi connectivity index (χ2v) is 5.91. The molecule has 0 atom stereocenters. The van der Waals surface area contributed by atoms with E-state index in [2.05, 4.69) is 15.1 Å². The van der Waals surface area contributed by atoms with E-state index in [-0.39, 0.29) is 5.82 Å². The van der Waals surface area contributed by atoms with E-state index in [1.807, 2.05) is 13.2 Å². The number of rotatable bonds is 3. The number of ether oxygens (including phenoxy) is 1. The average Bonchev–Trinajstić information content (AvgIpc) is 3.03. The van der Waals surface area contributed by atoms with Gasteiger partial charge < -0.3 is 10.5 Å². The molecule has 2 aromatic carbocycles. The van der Waals surface area contributed by atoms with Crippen molar-refractivity contribution in [3.05, 3.63) is 54.7 Å². The van der Waals surface area contributed by atoms with Gasteiger partial charge in [-0.1, -0.05) is 0 Å². The largest absolute Gasteiger partial charge is 0.495 e. The molecule has 7 heteroatoms. The molecule has 0 fully saturated rings. The molecule has 4 aromatic rings. The highest BCUT2D eigenvalue weighted by molar-refractivity contribution is 5.98. The third kappa shape index (κ3) is 2.63. The van der Waals surface area contributed by atoms with Crippen LogP contribution in [0.25, 0.3) is 33.4 Å². The molecule has 0 aliphatic heterocycles. The number of anilines is 1. The van der Waals surface area contributed by atoms with E-state index >= 15 is 0 Å². The van der Waals surface area contributed by atoms with Crippen LogP contribution < -0.4 is 10.5 Å². The molecule has 2 aromatic heterocycles. The number of fused-ring (bicyclic) bond motifs is 1. The maximum atomic E-state index is 13.3. The van der Waals surface area contributed by atoms with Crippen LogP contribution in [-0.4, -0.2) is 26.9 Å². The van der Waals surface area contributed by atoms with E-state index in [1.165, 1.54) is 18.5 Å². The van der Waals surface area contributed by atoms with E-state index < -0.39 is 0 Å². The number of halogens is 1. The van der Waals surface area contributed by atoms with Crippen LogP contribution in [0.15, 0.2) is 48.9 Å². The number of hydrogen-bond acceptors (Lipinski definition) is 5. The van der Waals surface area contributed by atoms with Crippen molar-refractivity contribution < 1.29 is 9.13 Å². The third-order valence-electron chi connectivity index (χ3n) is 4.19. The lowest BCUT2D eigenvalue weighted by Crippen LogP contribution is -1.96. The number of nitrogens with two attached hydrogens (primary N) is 1. The fourth-order valence-corrected chi connectivity index (χ4v) is 2.97. The molecule has 6 nitrogen and oxygen atoms in total. The molecular formula is C19H16FN5O. The first-order valence-electron chi connectivity index (χ1n) is 7.95. The van der Waals surface area contributed by atoms with Gasteiger partial charge in [-0.05, 0) is 30.3 Å². The Labute approximate surface area is 149 Å². The topological polar surface area (TPSA) is 78.9 Å². The van der Waals surface area contributed by atoms with Crippen molar-refractivity contribution in [1.29, 1.82) is 0 Å². The van der Waals surface area contributed by atoms with Gasteiger partial charge in [0.15, 0.2) is 0 Å². The van der Waals surface area contributed by atoms with Gasteiger partial charge in [0.1, 0.15) is 23.6 Å². The summed E-state index contributed by atoms with van der Waals surface area (Å²) in [5.41, 5.74) is 10.3. The first kappa shape index (κ1) is 16.0. The van der Waals surface area contributed by atoms with Crippen LogP contribution in [0.3, 0.4) is 0 Å². The summed E-state index contributed by atoms with van der Waals surface area (Å²) in [5.74, 6) is 0.269. The van der Waals surface area contributed by atoms with Crippen LogP contribution in [0.1, 0.15) is 0 Å². The quantitative estimate of drug-likeness (QED) is 0.573. The SMILES string of the molecule is COc1cc2ncnc(-c3cn(C)nc3-c3ccc(F)cc3)c2cc1N. The van der Waals surface area contributed by atoms with Crippen molar-refractivity contribution in [3.8, 4) is 28.3 Å². The molecule has 0 aliphatic rings. The standard InChI is InChI=1S/C19H16FN5O/c1-25-9-14(18(24-25)11-3-5-12(20)6-4-11)19-13-7-15(21)17(26-2)8-16(13)22-10-23-19/h3-10H,21H2,1-2H3. The molecule has 0 saturated heterocycles.